The summed E-state index contributed by atoms with van der Waals surface area (Å²) in [6, 6.07) is 11.9. The highest BCUT2D eigenvalue weighted by Crippen LogP contribution is 2.28. The van der Waals surface area contributed by atoms with Crippen molar-refractivity contribution in [3.8, 4) is 0 Å². The summed E-state index contributed by atoms with van der Waals surface area (Å²) in [7, 11) is -3.60. The lowest BCUT2D eigenvalue weighted by Crippen LogP contribution is -2.52. The average Bonchev–Trinajstić information content (AvgIpc) is 2.76. The predicted octanol–water partition coefficient (Wildman–Crippen LogP) is 5.29. The zero-order valence-corrected chi connectivity index (χ0v) is 24.8. The molecule has 0 aliphatic carbocycles. The number of hydrogen-bond donors (Lipinski definition) is 1. The van der Waals surface area contributed by atoms with Gasteiger partial charge in [-0.05, 0) is 76.4 Å². The number of halogens is 2. The molecule has 2 aromatic carbocycles. The van der Waals surface area contributed by atoms with Gasteiger partial charge in [-0.15, -0.1) is 0 Å². The lowest BCUT2D eigenvalue weighted by molar-refractivity contribution is -0.141. The van der Waals surface area contributed by atoms with Crippen molar-refractivity contribution in [2.24, 2.45) is 0 Å². The van der Waals surface area contributed by atoms with Crippen LogP contribution in [0.3, 0.4) is 0 Å². The van der Waals surface area contributed by atoms with Crippen LogP contribution < -0.4 is 9.62 Å². The summed E-state index contributed by atoms with van der Waals surface area (Å²) in [5, 5.41) is 3.41. The Morgan fingerprint density at radius 2 is 1.72 bits per heavy atom. The molecule has 0 fully saturated rings. The molecule has 0 aliphatic heterocycles. The quantitative estimate of drug-likeness (QED) is 0.402. The van der Waals surface area contributed by atoms with Gasteiger partial charge in [0.2, 0.25) is 21.8 Å². The Labute approximate surface area is 228 Å². The number of amides is 2. The van der Waals surface area contributed by atoms with Crippen LogP contribution in [0.4, 0.5) is 5.69 Å². The van der Waals surface area contributed by atoms with Crippen molar-refractivity contribution in [3.05, 3.63) is 63.1 Å². The van der Waals surface area contributed by atoms with Gasteiger partial charge in [0.05, 0.1) is 11.9 Å². The Morgan fingerprint density at radius 3 is 2.28 bits per heavy atom. The number of nitrogens with zero attached hydrogens (tertiary/aromatic N) is 2. The first kappa shape index (κ1) is 30.1. The maximum atomic E-state index is 13.4. The van der Waals surface area contributed by atoms with E-state index < -0.39 is 21.6 Å². The summed E-state index contributed by atoms with van der Waals surface area (Å²) < 4.78 is 27.3. The van der Waals surface area contributed by atoms with Crippen LogP contribution in [0, 0.1) is 6.92 Å². The molecule has 0 saturated carbocycles. The first-order valence-electron chi connectivity index (χ1n) is 11.7. The van der Waals surface area contributed by atoms with Crippen molar-refractivity contribution in [2.45, 2.75) is 65.6 Å². The number of carbonyl (C=O) groups is 2. The average molecular weight is 601 g/mol. The molecule has 36 heavy (non-hydrogen) atoms. The van der Waals surface area contributed by atoms with E-state index in [9.17, 15) is 18.0 Å². The van der Waals surface area contributed by atoms with Gasteiger partial charge in [-0.2, -0.15) is 0 Å². The summed E-state index contributed by atoms with van der Waals surface area (Å²) in [6.07, 6.45) is 1.49. The largest absolute Gasteiger partial charge is 0.350 e. The minimum atomic E-state index is -3.60. The second-order valence-corrected chi connectivity index (χ2v) is 13.1. The zero-order chi connectivity index (χ0) is 27.3. The van der Waals surface area contributed by atoms with E-state index in [-0.39, 0.29) is 37.7 Å². The molecule has 2 amide bonds. The molecule has 7 nitrogen and oxygen atoms in total. The van der Waals surface area contributed by atoms with E-state index in [1.165, 1.54) is 4.31 Å². The van der Waals surface area contributed by atoms with Crippen molar-refractivity contribution in [1.29, 1.82) is 0 Å². The molecular weight excluding hydrogens is 566 g/mol. The van der Waals surface area contributed by atoms with Gasteiger partial charge in [-0.3, -0.25) is 13.9 Å². The highest BCUT2D eigenvalue weighted by atomic mass is 79.9. The Kier molecular flexibility index (Phi) is 10.4. The van der Waals surface area contributed by atoms with Crippen LogP contribution in [0.25, 0.3) is 0 Å². The SMILES string of the molecule is Cc1c(Cl)cccc1N(CCCC(=O)N(Cc1ccc(Br)cc1)[C@@H](C)C(=O)NC(C)(C)C)S(C)(=O)=O. The molecule has 1 atom stereocenters. The van der Waals surface area contributed by atoms with Crippen molar-refractivity contribution >= 4 is 55.1 Å². The van der Waals surface area contributed by atoms with E-state index in [4.69, 9.17) is 11.6 Å². The van der Waals surface area contributed by atoms with E-state index in [1.54, 1.807) is 36.9 Å². The van der Waals surface area contributed by atoms with Crippen LogP contribution >= 0.6 is 27.5 Å². The highest BCUT2D eigenvalue weighted by Gasteiger charge is 2.29. The van der Waals surface area contributed by atoms with Gasteiger partial charge in [-0.25, -0.2) is 8.42 Å². The van der Waals surface area contributed by atoms with E-state index in [0.29, 0.717) is 16.3 Å². The fraction of sp³-hybridized carbons (Fsp3) is 0.462. The molecule has 0 saturated heterocycles. The smallest absolute Gasteiger partial charge is 0.242 e. The molecule has 0 radical (unpaired) electrons. The molecule has 2 rings (SSSR count). The van der Waals surface area contributed by atoms with Crippen LogP contribution in [-0.4, -0.2) is 49.5 Å². The van der Waals surface area contributed by atoms with Crippen molar-refractivity contribution < 1.29 is 18.0 Å². The summed E-state index contributed by atoms with van der Waals surface area (Å²) in [5.74, 6) is -0.481. The third kappa shape index (κ3) is 8.78. The minimum absolute atomic E-state index is 0.0787. The van der Waals surface area contributed by atoms with Crippen molar-refractivity contribution in [2.75, 3.05) is 17.1 Å². The fourth-order valence-electron chi connectivity index (χ4n) is 3.69. The maximum absolute atomic E-state index is 13.4. The van der Waals surface area contributed by atoms with Gasteiger partial charge in [0.1, 0.15) is 6.04 Å². The van der Waals surface area contributed by atoms with E-state index in [2.05, 4.69) is 21.2 Å². The zero-order valence-electron chi connectivity index (χ0n) is 21.6. The van der Waals surface area contributed by atoms with Gasteiger partial charge >= 0.3 is 0 Å². The number of anilines is 1. The monoisotopic (exact) mass is 599 g/mol. The van der Waals surface area contributed by atoms with Gasteiger partial charge in [0.15, 0.2) is 0 Å². The number of benzene rings is 2. The lowest BCUT2D eigenvalue weighted by Gasteiger charge is -2.32. The standard InChI is InChI=1S/C26H35BrClN3O4S/c1-18-22(28)9-7-10-23(18)31(36(6,34)35)16-8-11-24(32)30(17-20-12-14-21(27)15-13-20)19(2)25(33)29-26(3,4)5/h7,9-10,12-15,19H,8,11,16-17H2,1-6H3,(H,29,33)/t19-/m0/s1. The summed E-state index contributed by atoms with van der Waals surface area (Å²) in [5.41, 5.74) is 1.58. The second kappa shape index (κ2) is 12.4. The Hall–Kier alpha value is -2.10. The van der Waals surface area contributed by atoms with Crippen LogP contribution in [0.1, 0.15) is 51.7 Å². The third-order valence-electron chi connectivity index (χ3n) is 5.59. The Balaban J connectivity index is 2.22. The van der Waals surface area contributed by atoms with E-state index in [0.717, 1.165) is 16.3 Å². The molecule has 0 spiro atoms. The van der Waals surface area contributed by atoms with Crippen LogP contribution in [0.5, 0.6) is 0 Å². The first-order valence-corrected chi connectivity index (χ1v) is 14.7. The van der Waals surface area contributed by atoms with Gasteiger partial charge in [0, 0.05) is 34.5 Å². The molecule has 0 heterocycles. The summed E-state index contributed by atoms with van der Waals surface area (Å²) >= 11 is 9.62. The summed E-state index contributed by atoms with van der Waals surface area (Å²) in [4.78, 5) is 27.8. The predicted molar refractivity (Wildman–Crippen MR) is 150 cm³/mol. The van der Waals surface area contributed by atoms with Crippen LogP contribution in [-0.2, 0) is 26.2 Å². The topological polar surface area (TPSA) is 86.8 Å². The normalized spacial score (nSPS) is 12.7. The van der Waals surface area contributed by atoms with Gasteiger partial charge in [-0.1, -0.05) is 45.7 Å². The molecule has 0 aromatic heterocycles. The Morgan fingerprint density at radius 1 is 1.11 bits per heavy atom. The number of nitrogens with one attached hydrogen (secondary N) is 1. The van der Waals surface area contributed by atoms with Gasteiger partial charge < -0.3 is 10.2 Å². The molecule has 1 N–H and O–H groups in total. The molecular formula is C26H35BrClN3O4S. The molecule has 0 bridgehead atoms. The van der Waals surface area contributed by atoms with E-state index in [1.807, 2.05) is 45.0 Å². The first-order chi connectivity index (χ1) is 16.6. The van der Waals surface area contributed by atoms with Gasteiger partial charge in [0.25, 0.3) is 0 Å². The third-order valence-corrected chi connectivity index (χ3v) is 7.71. The lowest BCUT2D eigenvalue weighted by atomic mass is 10.1. The Bertz CT molecular complexity index is 1180. The number of carbonyl (C=O) groups excluding carboxylic acids is 2. The second-order valence-electron chi connectivity index (χ2n) is 9.89. The van der Waals surface area contributed by atoms with Crippen LogP contribution in [0.15, 0.2) is 46.9 Å². The van der Waals surface area contributed by atoms with Crippen molar-refractivity contribution in [3.63, 3.8) is 0 Å². The minimum Gasteiger partial charge on any atom is -0.350 e. The van der Waals surface area contributed by atoms with E-state index >= 15 is 0 Å². The maximum Gasteiger partial charge on any atom is 0.242 e. The van der Waals surface area contributed by atoms with Crippen LogP contribution in [0.2, 0.25) is 5.02 Å². The molecule has 0 unspecified atom stereocenters. The molecule has 0 aliphatic rings. The molecule has 2 aromatic rings. The molecule has 10 heteroatoms. The number of hydrogen-bond acceptors (Lipinski definition) is 4. The number of sulfonamides is 1. The fourth-order valence-corrected chi connectivity index (χ4v) is 5.14. The number of rotatable bonds is 10. The highest BCUT2D eigenvalue weighted by molar-refractivity contribution is 9.10. The summed E-state index contributed by atoms with van der Waals surface area (Å²) in [6.45, 7) is 9.49. The van der Waals surface area contributed by atoms with Crippen molar-refractivity contribution in [1.82, 2.24) is 10.2 Å². The molecule has 198 valence electrons.